The van der Waals surface area contributed by atoms with Crippen LogP contribution in [-0.4, -0.2) is 18.6 Å². The maximum atomic E-state index is 3.48. The van der Waals surface area contributed by atoms with Gasteiger partial charge in [0.15, 0.2) is 0 Å². The molecule has 0 amide bonds. The Morgan fingerprint density at radius 3 is 2.62 bits per heavy atom. The SMILES string of the molecule is CC(C)(C)NCCCNCc1cc(Br)cs1. The van der Waals surface area contributed by atoms with Crippen molar-refractivity contribution in [2.75, 3.05) is 13.1 Å². The van der Waals surface area contributed by atoms with Gasteiger partial charge >= 0.3 is 0 Å². The van der Waals surface area contributed by atoms with Crippen molar-refractivity contribution in [2.45, 2.75) is 39.3 Å². The standard InChI is InChI=1S/C12H21BrN2S/c1-12(2,3)15-6-4-5-14-8-11-7-10(13)9-16-11/h7,9,14-15H,4-6,8H2,1-3H3. The molecule has 0 radical (unpaired) electrons. The predicted molar refractivity (Wildman–Crippen MR) is 76.1 cm³/mol. The van der Waals surface area contributed by atoms with Crippen molar-refractivity contribution in [2.24, 2.45) is 0 Å². The van der Waals surface area contributed by atoms with Crippen LogP contribution in [0.15, 0.2) is 15.9 Å². The lowest BCUT2D eigenvalue weighted by atomic mass is 10.1. The van der Waals surface area contributed by atoms with E-state index in [0.717, 1.165) is 19.6 Å². The van der Waals surface area contributed by atoms with Crippen LogP contribution in [0.2, 0.25) is 0 Å². The van der Waals surface area contributed by atoms with Gasteiger partial charge in [-0.2, -0.15) is 0 Å². The minimum Gasteiger partial charge on any atom is -0.312 e. The van der Waals surface area contributed by atoms with Crippen molar-refractivity contribution >= 4 is 27.3 Å². The first-order valence-corrected chi connectivity index (χ1v) is 7.33. The van der Waals surface area contributed by atoms with Crippen LogP contribution < -0.4 is 10.6 Å². The van der Waals surface area contributed by atoms with Gasteiger partial charge in [-0.25, -0.2) is 0 Å². The lowest BCUT2D eigenvalue weighted by molar-refractivity contribution is 0.418. The molecule has 0 aliphatic heterocycles. The summed E-state index contributed by atoms with van der Waals surface area (Å²) < 4.78 is 1.18. The third kappa shape index (κ3) is 6.63. The second-order valence-electron chi connectivity index (χ2n) is 4.94. The van der Waals surface area contributed by atoms with Crippen LogP contribution in [-0.2, 0) is 6.54 Å². The summed E-state index contributed by atoms with van der Waals surface area (Å²) in [6, 6.07) is 2.17. The molecule has 0 aliphatic carbocycles. The highest BCUT2D eigenvalue weighted by atomic mass is 79.9. The second kappa shape index (κ2) is 6.74. The number of nitrogens with one attached hydrogen (secondary N) is 2. The van der Waals surface area contributed by atoms with Crippen LogP contribution in [0, 0.1) is 0 Å². The fraction of sp³-hybridized carbons (Fsp3) is 0.667. The topological polar surface area (TPSA) is 24.1 Å². The largest absolute Gasteiger partial charge is 0.312 e. The molecule has 0 aliphatic rings. The monoisotopic (exact) mass is 304 g/mol. The number of hydrogen-bond donors (Lipinski definition) is 2. The van der Waals surface area contributed by atoms with Gasteiger partial charge in [-0.1, -0.05) is 0 Å². The van der Waals surface area contributed by atoms with Crippen LogP contribution in [0.4, 0.5) is 0 Å². The fourth-order valence-corrected chi connectivity index (χ4v) is 2.76. The van der Waals surface area contributed by atoms with E-state index in [0.29, 0.717) is 0 Å². The van der Waals surface area contributed by atoms with Crippen molar-refractivity contribution in [3.8, 4) is 0 Å². The normalized spacial score (nSPS) is 12.0. The molecular formula is C12H21BrN2S. The molecule has 1 aromatic rings. The first-order chi connectivity index (χ1) is 7.47. The van der Waals surface area contributed by atoms with E-state index in [9.17, 15) is 0 Å². The number of hydrogen-bond acceptors (Lipinski definition) is 3. The Balaban J connectivity index is 2.00. The van der Waals surface area contributed by atoms with Gasteiger partial charge in [-0.3, -0.25) is 0 Å². The zero-order chi connectivity index (χ0) is 12.0. The van der Waals surface area contributed by atoms with Crippen molar-refractivity contribution in [3.05, 3.63) is 20.8 Å². The molecule has 0 atom stereocenters. The smallest absolute Gasteiger partial charge is 0.0300 e. The zero-order valence-corrected chi connectivity index (χ0v) is 12.7. The highest BCUT2D eigenvalue weighted by Crippen LogP contribution is 2.19. The van der Waals surface area contributed by atoms with E-state index in [1.807, 2.05) is 0 Å². The van der Waals surface area contributed by atoms with Gasteiger partial charge in [0.05, 0.1) is 0 Å². The average Bonchev–Trinajstić information content (AvgIpc) is 2.56. The number of thiophene rings is 1. The number of halogens is 1. The lowest BCUT2D eigenvalue weighted by Gasteiger charge is -2.20. The maximum absolute atomic E-state index is 3.48. The molecule has 92 valence electrons. The van der Waals surface area contributed by atoms with Crippen molar-refractivity contribution in [3.63, 3.8) is 0 Å². The van der Waals surface area contributed by atoms with Gasteiger partial charge in [0, 0.05) is 26.8 Å². The molecule has 0 fully saturated rings. The third-order valence-electron chi connectivity index (χ3n) is 2.11. The summed E-state index contributed by atoms with van der Waals surface area (Å²) in [7, 11) is 0. The number of rotatable bonds is 6. The Morgan fingerprint density at radius 2 is 2.06 bits per heavy atom. The van der Waals surface area contributed by atoms with Crippen molar-refractivity contribution < 1.29 is 0 Å². The lowest BCUT2D eigenvalue weighted by Crippen LogP contribution is -2.37. The molecule has 0 spiro atoms. The highest BCUT2D eigenvalue weighted by molar-refractivity contribution is 9.10. The van der Waals surface area contributed by atoms with Crippen LogP contribution >= 0.6 is 27.3 Å². The third-order valence-corrected chi connectivity index (χ3v) is 3.80. The van der Waals surface area contributed by atoms with E-state index in [-0.39, 0.29) is 5.54 Å². The van der Waals surface area contributed by atoms with E-state index >= 15 is 0 Å². The first-order valence-electron chi connectivity index (χ1n) is 5.66. The first kappa shape index (κ1) is 14.2. The highest BCUT2D eigenvalue weighted by Gasteiger charge is 2.06. The molecule has 0 saturated heterocycles. The summed E-state index contributed by atoms with van der Waals surface area (Å²) in [5, 5.41) is 9.05. The van der Waals surface area contributed by atoms with E-state index in [1.54, 1.807) is 11.3 Å². The van der Waals surface area contributed by atoms with Crippen LogP contribution in [0.1, 0.15) is 32.1 Å². The van der Waals surface area contributed by atoms with E-state index < -0.39 is 0 Å². The van der Waals surface area contributed by atoms with Gasteiger partial charge in [-0.15, -0.1) is 11.3 Å². The molecule has 0 saturated carbocycles. The van der Waals surface area contributed by atoms with Crippen LogP contribution in [0.3, 0.4) is 0 Å². The van der Waals surface area contributed by atoms with Gasteiger partial charge in [0.2, 0.25) is 0 Å². The molecule has 1 aromatic heterocycles. The summed E-state index contributed by atoms with van der Waals surface area (Å²) in [5.41, 5.74) is 0.235. The van der Waals surface area contributed by atoms with Gasteiger partial charge in [-0.05, 0) is 62.3 Å². The van der Waals surface area contributed by atoms with Crippen molar-refractivity contribution in [1.82, 2.24) is 10.6 Å². The molecular weight excluding hydrogens is 284 g/mol. The zero-order valence-electron chi connectivity index (χ0n) is 10.3. The average molecular weight is 305 g/mol. The predicted octanol–water partition coefficient (Wildman–Crippen LogP) is 3.38. The minimum atomic E-state index is 0.235. The molecule has 1 rings (SSSR count). The molecule has 0 unspecified atom stereocenters. The summed E-state index contributed by atoms with van der Waals surface area (Å²) in [6.45, 7) is 9.71. The quantitative estimate of drug-likeness (QED) is 0.787. The van der Waals surface area contributed by atoms with E-state index in [1.165, 1.54) is 15.8 Å². The van der Waals surface area contributed by atoms with Crippen LogP contribution in [0.25, 0.3) is 0 Å². The Bertz CT molecular complexity index is 304. The summed E-state index contributed by atoms with van der Waals surface area (Å²) >= 11 is 5.25. The van der Waals surface area contributed by atoms with Gasteiger partial charge in [0.1, 0.15) is 0 Å². The minimum absolute atomic E-state index is 0.235. The van der Waals surface area contributed by atoms with Crippen LogP contribution in [0.5, 0.6) is 0 Å². The van der Waals surface area contributed by atoms with Gasteiger partial charge < -0.3 is 10.6 Å². The Kier molecular flexibility index (Phi) is 5.97. The second-order valence-corrected chi connectivity index (χ2v) is 6.85. The van der Waals surface area contributed by atoms with E-state index in [2.05, 4.69) is 58.8 Å². The molecule has 0 bridgehead atoms. The summed E-state index contributed by atoms with van der Waals surface area (Å²) in [5.74, 6) is 0. The Labute approximate surface area is 111 Å². The van der Waals surface area contributed by atoms with Gasteiger partial charge in [0.25, 0.3) is 0 Å². The molecule has 4 heteroatoms. The van der Waals surface area contributed by atoms with Crippen molar-refractivity contribution in [1.29, 1.82) is 0 Å². The molecule has 0 aromatic carbocycles. The molecule has 1 heterocycles. The van der Waals surface area contributed by atoms with E-state index in [4.69, 9.17) is 0 Å². The molecule has 2 N–H and O–H groups in total. The fourth-order valence-electron chi connectivity index (χ4n) is 1.33. The maximum Gasteiger partial charge on any atom is 0.0300 e. The molecule has 16 heavy (non-hydrogen) atoms. The summed E-state index contributed by atoms with van der Waals surface area (Å²) in [6.07, 6.45) is 1.17. The molecule has 2 nitrogen and oxygen atoms in total. The summed E-state index contributed by atoms with van der Waals surface area (Å²) in [4.78, 5) is 1.38. The Morgan fingerprint density at radius 1 is 1.31 bits per heavy atom. The Hall–Kier alpha value is 0.1000.